The molecule has 65 heavy (non-hydrogen) atoms. The fourth-order valence-electron chi connectivity index (χ4n) is 7.91. The molecule has 4 fully saturated rings. The maximum atomic E-state index is 13.6. The summed E-state index contributed by atoms with van der Waals surface area (Å²) in [6.45, 7) is 1.06. The molecule has 25 nitrogen and oxygen atoms in total. The highest BCUT2D eigenvalue weighted by Gasteiger charge is 2.57. The lowest BCUT2D eigenvalue weighted by Gasteiger charge is -2.49. The van der Waals surface area contributed by atoms with E-state index in [0.717, 1.165) is 0 Å². The first kappa shape index (κ1) is 46.0. The van der Waals surface area contributed by atoms with Crippen LogP contribution in [-0.4, -0.2) is 128 Å². The van der Waals surface area contributed by atoms with Gasteiger partial charge >= 0.3 is 17.9 Å². The number of carbonyl (C=O) groups excluding carboxylic acids is 3. The van der Waals surface area contributed by atoms with Gasteiger partial charge in [0.15, 0.2) is 31.1 Å². The lowest BCUT2D eigenvalue weighted by molar-refractivity contribution is -0.347. The van der Waals surface area contributed by atoms with Gasteiger partial charge in [0.2, 0.25) is 0 Å². The second kappa shape index (κ2) is 21.6. The van der Waals surface area contributed by atoms with Crippen molar-refractivity contribution in [3.8, 4) is 0 Å². The van der Waals surface area contributed by atoms with E-state index in [1.54, 1.807) is 61.5 Å². The molecule has 1 saturated carbocycles. The molecule has 1 aliphatic carbocycles. The number of hydrogen-bond donors (Lipinski definition) is 1. The van der Waals surface area contributed by atoms with Crippen molar-refractivity contribution < 1.29 is 62.1 Å². The Labute approximate surface area is 367 Å². The van der Waals surface area contributed by atoms with E-state index in [2.05, 4.69) is 40.1 Å². The number of nitrogens with zero attached hydrogens (tertiary/aromatic N) is 12. The predicted octanol–water partition coefficient (Wildman–Crippen LogP) is 5.76. The van der Waals surface area contributed by atoms with Gasteiger partial charge in [-0.05, 0) is 71.9 Å². The fraction of sp³-hybridized carbons (Fsp3) is 0.475. The lowest BCUT2D eigenvalue weighted by atomic mass is 9.84. The van der Waals surface area contributed by atoms with Crippen LogP contribution in [0.2, 0.25) is 0 Å². The normalized spacial score (nSPS) is 32.6. The molecule has 0 radical (unpaired) electrons. The van der Waals surface area contributed by atoms with Crippen LogP contribution in [0, 0.1) is 0 Å². The molecule has 25 heteroatoms. The maximum absolute atomic E-state index is 13.6. The van der Waals surface area contributed by atoms with Gasteiger partial charge in [-0.3, -0.25) is 0 Å². The van der Waals surface area contributed by atoms with Gasteiger partial charge in [-0.15, -0.1) is 0 Å². The number of azide groups is 4. The number of rotatable bonds is 15. The molecule has 6 unspecified atom stereocenters. The van der Waals surface area contributed by atoms with E-state index in [1.807, 2.05) is 0 Å². The van der Waals surface area contributed by atoms with Crippen LogP contribution in [0.15, 0.2) is 111 Å². The highest BCUT2D eigenvalue weighted by atomic mass is 16.8. The Morgan fingerprint density at radius 2 is 1.12 bits per heavy atom. The van der Waals surface area contributed by atoms with Crippen LogP contribution in [-0.2, 0) is 42.6 Å². The van der Waals surface area contributed by atoms with Crippen molar-refractivity contribution in [2.24, 2.45) is 20.5 Å². The molecule has 3 saturated heterocycles. The van der Waals surface area contributed by atoms with Crippen LogP contribution in [0.4, 0.5) is 0 Å². The summed E-state index contributed by atoms with van der Waals surface area (Å²) < 4.78 is 54.4. The van der Waals surface area contributed by atoms with E-state index in [9.17, 15) is 41.6 Å². The minimum absolute atomic E-state index is 0.0912. The summed E-state index contributed by atoms with van der Waals surface area (Å²) in [7, 11) is 0. The highest BCUT2D eigenvalue weighted by molar-refractivity contribution is 5.90. The van der Waals surface area contributed by atoms with Crippen LogP contribution < -0.4 is 0 Å². The number of ether oxygens (including phenoxy) is 9. The van der Waals surface area contributed by atoms with Crippen LogP contribution in [0.1, 0.15) is 44.4 Å². The number of carbonyl (C=O) groups is 3. The third-order valence-corrected chi connectivity index (χ3v) is 10.9. The van der Waals surface area contributed by atoms with Crippen LogP contribution in [0.3, 0.4) is 0 Å². The van der Waals surface area contributed by atoms with Crippen LogP contribution >= 0.6 is 0 Å². The second-order valence-electron chi connectivity index (χ2n) is 14.9. The molecule has 0 bridgehead atoms. The van der Waals surface area contributed by atoms with E-state index >= 15 is 0 Å². The van der Waals surface area contributed by atoms with Gasteiger partial charge in [-0.2, -0.15) is 0 Å². The molecular formula is C40H40N12O13. The molecule has 15 atom stereocenters. The third-order valence-electron chi connectivity index (χ3n) is 10.9. The molecule has 3 heterocycles. The van der Waals surface area contributed by atoms with Gasteiger partial charge in [-0.25, -0.2) is 14.4 Å². The topological polar surface area (TPSA) is 350 Å². The first-order valence-electron chi connectivity index (χ1n) is 20.1. The highest BCUT2D eigenvalue weighted by Crippen LogP contribution is 2.39. The summed E-state index contributed by atoms with van der Waals surface area (Å²) >= 11 is 0. The number of benzene rings is 3. The van der Waals surface area contributed by atoms with E-state index in [1.165, 1.54) is 36.4 Å². The quantitative estimate of drug-likeness (QED) is 0.0624. The van der Waals surface area contributed by atoms with Crippen molar-refractivity contribution in [1.82, 2.24) is 0 Å². The Hall–Kier alpha value is -6.97. The van der Waals surface area contributed by atoms with Gasteiger partial charge in [0.25, 0.3) is 0 Å². The van der Waals surface area contributed by atoms with Crippen molar-refractivity contribution in [1.29, 1.82) is 0 Å². The smallest absolute Gasteiger partial charge is 0.338 e. The average Bonchev–Trinajstić information content (AvgIpc) is 3.63. The van der Waals surface area contributed by atoms with Crippen molar-refractivity contribution in [2.45, 2.75) is 105 Å². The summed E-state index contributed by atoms with van der Waals surface area (Å²) in [5.41, 5.74) is 38.7. The van der Waals surface area contributed by atoms with Gasteiger partial charge in [0.05, 0.1) is 54.1 Å². The minimum atomic E-state index is -1.93. The predicted molar refractivity (Wildman–Crippen MR) is 218 cm³/mol. The maximum Gasteiger partial charge on any atom is 0.338 e. The van der Waals surface area contributed by atoms with Crippen molar-refractivity contribution >= 4 is 17.9 Å². The zero-order chi connectivity index (χ0) is 45.9. The van der Waals surface area contributed by atoms with E-state index in [4.69, 9.17) is 42.6 Å². The Balaban J connectivity index is 1.22. The first-order chi connectivity index (χ1) is 31.6. The minimum Gasteiger partial charge on any atom is -0.455 e. The average molecular weight is 897 g/mol. The first-order valence-corrected chi connectivity index (χ1v) is 20.1. The molecule has 3 aromatic rings. The molecule has 0 spiro atoms. The number of aliphatic hydroxyl groups is 1. The van der Waals surface area contributed by atoms with Gasteiger partial charge in [0, 0.05) is 19.6 Å². The molecule has 7 rings (SSSR count). The monoisotopic (exact) mass is 896 g/mol. The van der Waals surface area contributed by atoms with Crippen molar-refractivity contribution in [3.05, 3.63) is 149 Å². The van der Waals surface area contributed by atoms with Gasteiger partial charge < -0.3 is 47.7 Å². The van der Waals surface area contributed by atoms with Crippen molar-refractivity contribution in [3.63, 3.8) is 0 Å². The number of aliphatic hydroxyl groups excluding tert-OH is 1. The van der Waals surface area contributed by atoms with E-state index in [-0.39, 0.29) is 29.7 Å². The summed E-state index contributed by atoms with van der Waals surface area (Å²) in [5.74, 6) is -2.55. The number of hydrogen-bond acceptors (Lipinski definition) is 17. The third kappa shape index (κ3) is 10.7. The standard InChI is InChI=1S/C40H40N12O13/c1-20-57-19-27-33(58-20)34(62-37(55)22-13-7-3-8-14-22)28(48-52-44)39(60-27)64-30-24(46-50-42)17-25(47-51-43)31(29(30)53)65-40-35(63-38(56)23-15-9-4-10-16-23)32(26(59-40)18-45-49-41)61-36(54)21-11-5-2-6-12-21/h2-16,20,24-35,39-40,53H,17-19H2,1H3/t20?,24?,25-,26-,27?,28?,29+,30+,31?,32+,33+,34-,35?,39+,40+/m1/s1. The van der Waals surface area contributed by atoms with Crippen LogP contribution in [0.5, 0.6) is 0 Å². The molecular weight excluding hydrogens is 857 g/mol. The van der Waals surface area contributed by atoms with E-state index < -0.39 is 116 Å². The van der Waals surface area contributed by atoms with Gasteiger partial charge in [0.1, 0.15) is 36.6 Å². The second-order valence-corrected chi connectivity index (χ2v) is 14.9. The molecule has 1 N–H and O–H groups in total. The molecule has 0 amide bonds. The zero-order valence-electron chi connectivity index (χ0n) is 34.2. The lowest BCUT2D eigenvalue weighted by Crippen LogP contribution is -2.65. The van der Waals surface area contributed by atoms with Gasteiger partial charge in [-0.1, -0.05) is 75.1 Å². The Kier molecular flexibility index (Phi) is 15.3. The Morgan fingerprint density at radius 1 is 0.631 bits per heavy atom. The fourth-order valence-corrected chi connectivity index (χ4v) is 7.91. The molecule has 4 aliphatic rings. The largest absolute Gasteiger partial charge is 0.455 e. The number of fused-ring (bicyclic) bond motifs is 1. The molecule has 0 aromatic heterocycles. The van der Waals surface area contributed by atoms with Crippen molar-refractivity contribution in [2.75, 3.05) is 13.2 Å². The molecule has 3 aromatic carbocycles. The van der Waals surface area contributed by atoms with E-state index in [0.29, 0.717) is 0 Å². The SMILES string of the molecule is CC1OCC2O[C@@H](O[C@H]3C(N=[N+]=[N-])C[C@@H](N=[N+]=[N-])C(O[C@@H]4O[C@H](CN=[N+]=[N-])[C@H](OC(=O)c5ccccc5)C4OC(=O)c4ccccc4)[C@H]3O)C(N=[N+]=[N-])[C@@H](OC(=O)c3ccccc3)[C@H]2O1. The summed E-state index contributed by atoms with van der Waals surface area (Å²) in [4.78, 5) is 52.1. The Morgan fingerprint density at radius 3 is 1.63 bits per heavy atom. The van der Waals surface area contributed by atoms with Crippen LogP contribution in [0.25, 0.3) is 41.8 Å². The zero-order valence-corrected chi connectivity index (χ0v) is 34.2. The summed E-state index contributed by atoms with van der Waals surface area (Å²) in [5, 5.41) is 27.3. The summed E-state index contributed by atoms with van der Waals surface area (Å²) in [6, 6.07) is 19.4. The molecule has 338 valence electrons. The summed E-state index contributed by atoms with van der Waals surface area (Å²) in [6.07, 6.45) is -17.5. The molecule has 3 aliphatic heterocycles. The Bertz CT molecular complexity index is 2350. The number of esters is 3.